The van der Waals surface area contributed by atoms with E-state index in [1.807, 2.05) is 31.2 Å². The standard InChI is InChI=1S/C33H35FN6O2/c1-21-6-9-29-33(36-21)40(19-26-13-17-41-26)32(38-29)22(2)39-15-11-23(12-16-39)28-4-3-5-31(37-28)42-20-24-10-14-35-30-18-25(34)7-8-27(24)30/h3-10,14,18,22-23,26H,11-13,15-17,19-20H2,1-2H3. The molecule has 0 aliphatic carbocycles. The maximum absolute atomic E-state index is 13.6. The third kappa shape index (κ3) is 5.34. The lowest BCUT2D eigenvalue weighted by molar-refractivity contribution is -0.0595. The van der Waals surface area contributed by atoms with Crippen molar-refractivity contribution in [2.45, 2.75) is 64.3 Å². The highest BCUT2D eigenvalue weighted by Crippen LogP contribution is 2.33. The lowest BCUT2D eigenvalue weighted by Crippen LogP contribution is -2.37. The van der Waals surface area contributed by atoms with Crippen LogP contribution < -0.4 is 4.74 Å². The van der Waals surface area contributed by atoms with Crippen molar-refractivity contribution < 1.29 is 13.9 Å². The fraction of sp³-hybridized carbons (Fsp3) is 0.394. The van der Waals surface area contributed by atoms with Crippen LogP contribution in [0.4, 0.5) is 4.39 Å². The number of ether oxygens (including phenoxy) is 2. The Labute approximate surface area is 244 Å². The third-order valence-corrected chi connectivity index (χ3v) is 8.73. The van der Waals surface area contributed by atoms with E-state index >= 15 is 0 Å². The predicted molar refractivity (Wildman–Crippen MR) is 159 cm³/mol. The molecule has 42 heavy (non-hydrogen) atoms. The Bertz CT molecular complexity index is 1730. The summed E-state index contributed by atoms with van der Waals surface area (Å²) in [5.41, 5.74) is 5.54. The second-order valence-corrected chi connectivity index (χ2v) is 11.5. The normalized spacial score (nSPS) is 18.8. The zero-order valence-corrected chi connectivity index (χ0v) is 24.0. The second-order valence-electron chi connectivity index (χ2n) is 11.5. The fourth-order valence-corrected chi connectivity index (χ4v) is 6.19. The van der Waals surface area contributed by atoms with Crippen molar-refractivity contribution in [3.63, 3.8) is 0 Å². The molecule has 2 fully saturated rings. The van der Waals surface area contributed by atoms with Crippen molar-refractivity contribution in [2.75, 3.05) is 19.7 Å². The first-order valence-electron chi connectivity index (χ1n) is 14.8. The van der Waals surface area contributed by atoms with Gasteiger partial charge in [0.2, 0.25) is 5.88 Å². The Hall–Kier alpha value is -3.95. The van der Waals surface area contributed by atoms with Gasteiger partial charge in [-0.25, -0.2) is 19.3 Å². The van der Waals surface area contributed by atoms with Gasteiger partial charge in [0.1, 0.15) is 23.8 Å². The third-order valence-electron chi connectivity index (χ3n) is 8.73. The van der Waals surface area contributed by atoms with Crippen molar-refractivity contribution in [3.8, 4) is 5.88 Å². The molecule has 5 aromatic rings. The molecule has 0 saturated carbocycles. The average molecular weight is 567 g/mol. The second kappa shape index (κ2) is 11.4. The van der Waals surface area contributed by atoms with Crippen LogP contribution in [0.25, 0.3) is 22.1 Å². The molecule has 0 spiro atoms. The zero-order chi connectivity index (χ0) is 28.6. The van der Waals surface area contributed by atoms with Crippen LogP contribution in [-0.2, 0) is 17.9 Å². The van der Waals surface area contributed by atoms with E-state index in [2.05, 4.69) is 33.5 Å². The van der Waals surface area contributed by atoms with Gasteiger partial charge in [0, 0.05) is 53.2 Å². The molecule has 2 unspecified atom stereocenters. The zero-order valence-electron chi connectivity index (χ0n) is 24.0. The number of halogens is 1. The SMILES string of the molecule is Cc1ccc2nc(C(C)N3CCC(c4cccc(OCc5ccnc6cc(F)ccc56)n4)CC3)n(CC3CCO3)c2n1. The van der Waals surface area contributed by atoms with E-state index in [1.165, 1.54) is 12.1 Å². The molecule has 7 rings (SSSR count). The van der Waals surface area contributed by atoms with Gasteiger partial charge >= 0.3 is 0 Å². The van der Waals surface area contributed by atoms with Crippen LogP contribution in [0, 0.1) is 12.7 Å². The molecule has 0 N–H and O–H groups in total. The van der Waals surface area contributed by atoms with E-state index in [0.29, 0.717) is 23.9 Å². The van der Waals surface area contributed by atoms with E-state index in [0.717, 1.165) is 84.8 Å². The van der Waals surface area contributed by atoms with Gasteiger partial charge in [-0.15, -0.1) is 0 Å². The van der Waals surface area contributed by atoms with Gasteiger partial charge in [0.15, 0.2) is 5.65 Å². The Morgan fingerprint density at radius 1 is 1.00 bits per heavy atom. The molecule has 6 heterocycles. The van der Waals surface area contributed by atoms with E-state index < -0.39 is 0 Å². The van der Waals surface area contributed by atoms with E-state index in [-0.39, 0.29) is 18.0 Å². The molecule has 0 bridgehead atoms. The number of benzene rings is 1. The quantitative estimate of drug-likeness (QED) is 0.224. The summed E-state index contributed by atoms with van der Waals surface area (Å²) in [4.78, 5) is 21.6. The van der Waals surface area contributed by atoms with Crippen LogP contribution in [0.15, 0.2) is 60.8 Å². The number of fused-ring (bicyclic) bond motifs is 2. The van der Waals surface area contributed by atoms with Gasteiger partial charge in [-0.1, -0.05) is 6.07 Å². The van der Waals surface area contributed by atoms with Crippen molar-refractivity contribution in [1.82, 2.24) is 29.4 Å². The van der Waals surface area contributed by atoms with Gasteiger partial charge < -0.3 is 14.0 Å². The molecule has 2 aliphatic rings. The summed E-state index contributed by atoms with van der Waals surface area (Å²) < 4.78 is 27.8. The predicted octanol–water partition coefficient (Wildman–Crippen LogP) is 6.13. The number of rotatable bonds is 8. The average Bonchev–Trinajstić information content (AvgIpc) is 3.34. The molecule has 2 atom stereocenters. The minimum atomic E-state index is -0.295. The highest BCUT2D eigenvalue weighted by Gasteiger charge is 2.30. The maximum atomic E-state index is 13.6. The lowest BCUT2D eigenvalue weighted by atomic mass is 9.92. The minimum absolute atomic E-state index is 0.173. The summed E-state index contributed by atoms with van der Waals surface area (Å²) in [6.07, 6.45) is 5.05. The summed E-state index contributed by atoms with van der Waals surface area (Å²) in [5.74, 6) is 1.74. The number of nitrogens with zero attached hydrogens (tertiary/aromatic N) is 6. The van der Waals surface area contributed by atoms with Crippen LogP contribution >= 0.6 is 0 Å². The first kappa shape index (κ1) is 26.9. The Morgan fingerprint density at radius 3 is 2.67 bits per heavy atom. The first-order valence-corrected chi connectivity index (χ1v) is 14.8. The van der Waals surface area contributed by atoms with Crippen LogP contribution in [0.2, 0.25) is 0 Å². The monoisotopic (exact) mass is 566 g/mol. The Balaban J connectivity index is 1.02. The van der Waals surface area contributed by atoms with Crippen molar-refractivity contribution >= 4 is 22.1 Å². The number of hydrogen-bond donors (Lipinski definition) is 0. The summed E-state index contributed by atoms with van der Waals surface area (Å²) in [6.45, 7) is 8.20. The highest BCUT2D eigenvalue weighted by molar-refractivity contribution is 5.81. The Kier molecular flexibility index (Phi) is 7.29. The molecule has 4 aromatic heterocycles. The minimum Gasteiger partial charge on any atom is -0.473 e. The number of imidazole rings is 1. The van der Waals surface area contributed by atoms with Gasteiger partial charge in [-0.2, -0.15) is 0 Å². The molecule has 8 nitrogen and oxygen atoms in total. The van der Waals surface area contributed by atoms with Crippen LogP contribution in [0.1, 0.15) is 60.9 Å². The van der Waals surface area contributed by atoms with Crippen molar-refractivity contribution in [3.05, 3.63) is 89.4 Å². The van der Waals surface area contributed by atoms with E-state index in [4.69, 9.17) is 24.4 Å². The maximum Gasteiger partial charge on any atom is 0.213 e. The summed E-state index contributed by atoms with van der Waals surface area (Å²) in [5, 5.41) is 0.885. The lowest BCUT2D eigenvalue weighted by Gasteiger charge is -2.36. The largest absolute Gasteiger partial charge is 0.473 e. The van der Waals surface area contributed by atoms with E-state index in [9.17, 15) is 4.39 Å². The van der Waals surface area contributed by atoms with Gasteiger partial charge in [-0.3, -0.25) is 9.88 Å². The number of hydrogen-bond acceptors (Lipinski definition) is 7. The summed E-state index contributed by atoms with van der Waals surface area (Å²) in [7, 11) is 0. The first-order chi connectivity index (χ1) is 20.5. The fourth-order valence-electron chi connectivity index (χ4n) is 6.19. The number of aryl methyl sites for hydroxylation is 1. The molecule has 9 heteroatoms. The molecular formula is C33H35FN6O2. The molecular weight excluding hydrogens is 531 g/mol. The molecule has 0 radical (unpaired) electrons. The number of pyridine rings is 3. The molecule has 1 aromatic carbocycles. The van der Waals surface area contributed by atoms with Crippen LogP contribution in [0.5, 0.6) is 5.88 Å². The number of piperidine rings is 1. The highest BCUT2D eigenvalue weighted by atomic mass is 19.1. The summed E-state index contributed by atoms with van der Waals surface area (Å²) in [6, 6.07) is 16.9. The molecule has 216 valence electrons. The van der Waals surface area contributed by atoms with Crippen molar-refractivity contribution in [1.29, 1.82) is 0 Å². The molecule has 2 saturated heterocycles. The van der Waals surface area contributed by atoms with Crippen LogP contribution in [-0.4, -0.2) is 55.2 Å². The van der Waals surface area contributed by atoms with Crippen LogP contribution in [0.3, 0.4) is 0 Å². The topological polar surface area (TPSA) is 78.2 Å². The summed E-state index contributed by atoms with van der Waals surface area (Å²) >= 11 is 0. The molecule has 2 aliphatic heterocycles. The smallest absolute Gasteiger partial charge is 0.213 e. The number of aromatic nitrogens is 5. The van der Waals surface area contributed by atoms with Gasteiger partial charge in [0.25, 0.3) is 0 Å². The van der Waals surface area contributed by atoms with Gasteiger partial charge in [0.05, 0.1) is 24.2 Å². The Morgan fingerprint density at radius 2 is 1.86 bits per heavy atom. The van der Waals surface area contributed by atoms with E-state index in [1.54, 1.807) is 12.3 Å². The molecule has 0 amide bonds. The number of likely N-dealkylation sites (tertiary alicyclic amines) is 1. The van der Waals surface area contributed by atoms with Gasteiger partial charge in [-0.05, 0) is 82.6 Å². The van der Waals surface area contributed by atoms with Crippen molar-refractivity contribution in [2.24, 2.45) is 0 Å².